The number of amides is 2. The van der Waals surface area contributed by atoms with Crippen LogP contribution < -0.4 is 15.9 Å². The summed E-state index contributed by atoms with van der Waals surface area (Å²) in [5.41, 5.74) is 11.7. The Labute approximate surface area is 197 Å². The molecule has 9 heteroatoms. The number of hydrogen-bond donors (Lipinski definition) is 2. The van der Waals surface area contributed by atoms with Gasteiger partial charge < -0.3 is 10.5 Å². The summed E-state index contributed by atoms with van der Waals surface area (Å²) in [6.07, 6.45) is 3.31. The molecule has 1 saturated heterocycles. The maximum Gasteiger partial charge on any atom is 0.286 e. The van der Waals surface area contributed by atoms with E-state index in [9.17, 15) is 9.59 Å². The van der Waals surface area contributed by atoms with Crippen LogP contribution in [0.3, 0.4) is 0 Å². The maximum atomic E-state index is 13.1. The molecule has 8 nitrogen and oxygen atoms in total. The van der Waals surface area contributed by atoms with Gasteiger partial charge in [-0.25, -0.2) is 9.69 Å². The van der Waals surface area contributed by atoms with Crippen LogP contribution in [0.4, 0.5) is 0 Å². The van der Waals surface area contributed by atoms with Crippen LogP contribution in [0, 0.1) is 6.92 Å². The smallest absolute Gasteiger partial charge is 0.286 e. The molecule has 0 unspecified atom stereocenters. The quantitative estimate of drug-likeness (QED) is 0.553. The first-order chi connectivity index (χ1) is 15.9. The third-order valence-electron chi connectivity index (χ3n) is 5.53. The number of nitrogens with one attached hydrogen (secondary N) is 1. The first-order valence-corrected chi connectivity index (χ1v) is 11.2. The van der Waals surface area contributed by atoms with Gasteiger partial charge in [0.2, 0.25) is 0 Å². The van der Waals surface area contributed by atoms with Crippen LogP contribution in [0.5, 0.6) is 5.75 Å². The van der Waals surface area contributed by atoms with E-state index in [2.05, 4.69) is 10.5 Å². The Kier molecular flexibility index (Phi) is 6.96. The van der Waals surface area contributed by atoms with E-state index in [0.717, 1.165) is 48.4 Å². The van der Waals surface area contributed by atoms with Crippen LogP contribution in [0.1, 0.15) is 35.3 Å². The number of carbonyl (C=O) groups is 2. The molecular weight excluding hydrogens is 442 g/mol. The largest absolute Gasteiger partial charge is 0.484 e. The summed E-state index contributed by atoms with van der Waals surface area (Å²) in [5, 5.41) is 7.26. The van der Waals surface area contributed by atoms with Gasteiger partial charge in [-0.1, -0.05) is 30.2 Å². The summed E-state index contributed by atoms with van der Waals surface area (Å²) >= 11 is 6.09. The predicted octanol–water partition coefficient (Wildman–Crippen LogP) is 3.50. The molecule has 0 saturated carbocycles. The van der Waals surface area contributed by atoms with Crippen molar-refractivity contribution in [3.8, 4) is 22.7 Å². The van der Waals surface area contributed by atoms with E-state index in [1.54, 1.807) is 16.8 Å². The highest BCUT2D eigenvalue weighted by atomic mass is 35.5. The van der Waals surface area contributed by atoms with Gasteiger partial charge in [0.1, 0.15) is 5.75 Å². The summed E-state index contributed by atoms with van der Waals surface area (Å²) < 4.78 is 7.09. The van der Waals surface area contributed by atoms with Crippen molar-refractivity contribution in [2.45, 2.75) is 26.2 Å². The van der Waals surface area contributed by atoms with E-state index < -0.39 is 5.91 Å². The predicted molar refractivity (Wildman–Crippen MR) is 126 cm³/mol. The molecule has 0 atom stereocenters. The van der Waals surface area contributed by atoms with Gasteiger partial charge in [-0.05, 0) is 56.2 Å². The van der Waals surface area contributed by atoms with Crippen LogP contribution in [0.15, 0.2) is 48.5 Å². The minimum absolute atomic E-state index is 0.197. The number of ether oxygens (including phenoxy) is 1. The Morgan fingerprint density at radius 2 is 1.73 bits per heavy atom. The number of nitrogens with two attached hydrogens (primary N) is 1. The normalized spacial score (nSPS) is 14.1. The molecule has 2 amide bonds. The summed E-state index contributed by atoms with van der Waals surface area (Å²) in [6, 6.07) is 14.5. The van der Waals surface area contributed by atoms with Crippen molar-refractivity contribution in [3.05, 3.63) is 64.8 Å². The van der Waals surface area contributed by atoms with Crippen LogP contribution in [0.2, 0.25) is 5.02 Å². The number of aromatic nitrogens is 2. The molecule has 0 radical (unpaired) electrons. The molecule has 33 heavy (non-hydrogen) atoms. The number of primary amides is 1. The fraction of sp³-hybridized carbons (Fsp3) is 0.292. The van der Waals surface area contributed by atoms with Crippen molar-refractivity contribution in [1.82, 2.24) is 20.2 Å². The molecule has 2 aromatic carbocycles. The van der Waals surface area contributed by atoms with E-state index >= 15 is 0 Å². The number of carbonyl (C=O) groups excluding carboxylic acids is 2. The van der Waals surface area contributed by atoms with Gasteiger partial charge in [0.15, 0.2) is 12.3 Å². The zero-order valence-electron chi connectivity index (χ0n) is 18.4. The fourth-order valence-electron chi connectivity index (χ4n) is 3.89. The van der Waals surface area contributed by atoms with E-state index in [0.29, 0.717) is 16.5 Å². The van der Waals surface area contributed by atoms with E-state index in [1.165, 1.54) is 6.42 Å². The highest BCUT2D eigenvalue weighted by Gasteiger charge is 2.24. The van der Waals surface area contributed by atoms with E-state index in [4.69, 9.17) is 22.1 Å². The maximum absolute atomic E-state index is 13.1. The van der Waals surface area contributed by atoms with Gasteiger partial charge in [0.05, 0.1) is 11.4 Å². The molecule has 3 aromatic rings. The lowest BCUT2D eigenvalue weighted by molar-refractivity contribution is -0.119. The number of halogens is 1. The number of nitrogens with zero attached hydrogens (tertiary/aromatic N) is 3. The number of rotatable bonds is 7. The molecule has 1 aromatic heterocycles. The molecule has 3 N–H and O–H groups in total. The van der Waals surface area contributed by atoms with Gasteiger partial charge >= 0.3 is 0 Å². The third kappa shape index (κ3) is 5.35. The Balaban J connectivity index is 1.70. The fourth-order valence-corrected chi connectivity index (χ4v) is 4.01. The number of hydrogen-bond acceptors (Lipinski definition) is 5. The van der Waals surface area contributed by atoms with Crippen molar-refractivity contribution in [1.29, 1.82) is 0 Å². The number of piperidine rings is 1. The summed E-state index contributed by atoms with van der Waals surface area (Å²) in [4.78, 5) is 24.1. The second kappa shape index (κ2) is 10.1. The minimum Gasteiger partial charge on any atom is -0.484 e. The Hall–Kier alpha value is -3.36. The first kappa shape index (κ1) is 22.8. The standard InChI is InChI=1S/C24H26ClN5O3/c1-16-22(24(32)28-29-13-3-2-4-14-29)27-30(23(16)17-5-7-18(25)8-6-17)19-9-11-20(12-10-19)33-15-21(26)31/h5-12H,2-4,13-15H2,1H3,(H2,26,31)(H,28,32). The Morgan fingerprint density at radius 1 is 1.06 bits per heavy atom. The van der Waals surface area contributed by atoms with Gasteiger partial charge in [-0.3, -0.25) is 15.0 Å². The van der Waals surface area contributed by atoms with E-state index in [1.807, 2.05) is 48.3 Å². The third-order valence-corrected chi connectivity index (χ3v) is 5.79. The van der Waals surface area contributed by atoms with Gasteiger partial charge in [-0.15, -0.1) is 0 Å². The minimum atomic E-state index is -0.545. The second-order valence-electron chi connectivity index (χ2n) is 7.98. The summed E-state index contributed by atoms with van der Waals surface area (Å²) in [7, 11) is 0. The molecule has 0 spiro atoms. The van der Waals surface area contributed by atoms with Crippen molar-refractivity contribution < 1.29 is 14.3 Å². The molecule has 0 aliphatic carbocycles. The van der Waals surface area contributed by atoms with Crippen molar-refractivity contribution in [2.75, 3.05) is 19.7 Å². The lowest BCUT2D eigenvalue weighted by atomic mass is 10.1. The summed E-state index contributed by atoms with van der Waals surface area (Å²) in [5.74, 6) is -0.265. The first-order valence-electron chi connectivity index (χ1n) is 10.9. The molecule has 1 aliphatic heterocycles. The molecular formula is C24H26ClN5O3. The SMILES string of the molecule is Cc1c(C(=O)NN2CCCCC2)nn(-c2ccc(OCC(N)=O)cc2)c1-c1ccc(Cl)cc1. The van der Waals surface area contributed by atoms with Crippen LogP contribution in [0.25, 0.3) is 16.9 Å². The number of hydrazine groups is 1. The highest BCUT2D eigenvalue weighted by molar-refractivity contribution is 6.30. The van der Waals surface area contributed by atoms with Gasteiger partial charge in [-0.2, -0.15) is 5.10 Å². The Morgan fingerprint density at radius 3 is 2.36 bits per heavy atom. The Bertz CT molecular complexity index is 1140. The monoisotopic (exact) mass is 467 g/mol. The molecule has 1 aliphatic rings. The average Bonchev–Trinajstić information content (AvgIpc) is 3.16. The van der Waals surface area contributed by atoms with Crippen LogP contribution >= 0.6 is 11.6 Å². The molecule has 4 rings (SSSR count). The lowest BCUT2D eigenvalue weighted by Gasteiger charge is -2.26. The van der Waals surface area contributed by atoms with Crippen molar-refractivity contribution in [3.63, 3.8) is 0 Å². The van der Waals surface area contributed by atoms with Crippen molar-refractivity contribution >= 4 is 23.4 Å². The topological polar surface area (TPSA) is 102 Å². The molecule has 2 heterocycles. The zero-order chi connectivity index (χ0) is 23.4. The van der Waals surface area contributed by atoms with E-state index in [-0.39, 0.29) is 12.5 Å². The average molecular weight is 468 g/mol. The molecule has 0 bridgehead atoms. The molecule has 1 fully saturated rings. The lowest BCUT2D eigenvalue weighted by Crippen LogP contribution is -2.45. The summed E-state index contributed by atoms with van der Waals surface area (Å²) in [6.45, 7) is 3.37. The highest BCUT2D eigenvalue weighted by Crippen LogP contribution is 2.30. The van der Waals surface area contributed by atoms with Gasteiger partial charge in [0.25, 0.3) is 11.8 Å². The second-order valence-corrected chi connectivity index (χ2v) is 8.41. The molecule has 172 valence electrons. The zero-order valence-corrected chi connectivity index (χ0v) is 19.1. The van der Waals surface area contributed by atoms with Crippen molar-refractivity contribution in [2.24, 2.45) is 5.73 Å². The van der Waals surface area contributed by atoms with Crippen LogP contribution in [-0.4, -0.2) is 46.3 Å². The van der Waals surface area contributed by atoms with Crippen LogP contribution in [-0.2, 0) is 4.79 Å². The number of benzene rings is 2. The van der Waals surface area contributed by atoms with Gasteiger partial charge in [0, 0.05) is 29.2 Å².